The highest BCUT2D eigenvalue weighted by molar-refractivity contribution is 7.19. The number of aromatic nitrogens is 2. The number of nitrogens with zero attached hydrogens (tertiary/aromatic N) is 3. The molecule has 0 radical (unpaired) electrons. The van der Waals surface area contributed by atoms with E-state index in [0.717, 1.165) is 76.7 Å². The normalized spacial score (nSPS) is 14.0. The van der Waals surface area contributed by atoms with Crippen LogP contribution in [-0.2, 0) is 19.4 Å². The number of aryl methyl sites for hydroxylation is 1. The monoisotopic (exact) mass is 901 g/mol. The molecule has 4 nitrogen and oxygen atoms in total. The summed E-state index contributed by atoms with van der Waals surface area (Å²) in [6.07, 6.45) is 39.8. The maximum atomic E-state index is 5.95. The summed E-state index contributed by atoms with van der Waals surface area (Å²) < 4.78 is 3.67. The molecule has 1 aliphatic carbocycles. The number of hydrogen-bond donors (Lipinski definition) is 1. The molecule has 1 aliphatic heterocycles. The fraction of sp³-hybridized carbons (Fsp3) is 0.210. The van der Waals surface area contributed by atoms with Gasteiger partial charge >= 0.3 is 0 Å². The molecule has 342 valence electrons. The molecule has 3 aromatic carbocycles. The Hall–Kier alpha value is -7.13. The standard InChI is InChI=1S/C43H37N3S.C15H19N.2C2H6/c1-5-7-28-45-37-23-14-10-13-20-33(37)43-34-21-12-9-8-11-18-31(4)46(38(34)26-27-39(43)45)42-25-17-22-36(44-42)30(3)29-35-32-19-15-16-24-41(32)47-40(35)6-2;1-4-6-9-13(5-2)15-11-8-7-10-14(15)12(3)16;2*1-2/h2,5,7-11,13-20,22,24-27,29H,4,12,21,23,28H2,1,3H3;4,6-11H,3,5,16H2,1-2H3;2*1-2H3/b7-5-,9-8?,18-11-,30-29+;6-4-,13-9+;;. The zero-order chi connectivity index (χ0) is 48.3. The first-order chi connectivity index (χ1) is 32.8. The van der Waals surface area contributed by atoms with Crippen molar-refractivity contribution in [2.24, 2.45) is 5.73 Å². The van der Waals surface area contributed by atoms with Crippen LogP contribution in [0, 0.1) is 12.3 Å². The van der Waals surface area contributed by atoms with Gasteiger partial charge in [0.05, 0.1) is 16.3 Å². The highest BCUT2D eigenvalue weighted by Gasteiger charge is 2.24. The van der Waals surface area contributed by atoms with E-state index >= 15 is 0 Å². The van der Waals surface area contributed by atoms with Crippen molar-refractivity contribution in [1.29, 1.82) is 0 Å². The second-order valence-corrected chi connectivity index (χ2v) is 16.5. The van der Waals surface area contributed by atoms with Crippen molar-refractivity contribution in [2.45, 2.75) is 87.6 Å². The Morgan fingerprint density at radius 1 is 0.881 bits per heavy atom. The van der Waals surface area contributed by atoms with E-state index in [-0.39, 0.29) is 0 Å². The van der Waals surface area contributed by atoms with E-state index in [9.17, 15) is 0 Å². The zero-order valence-electron chi connectivity index (χ0n) is 40.9. The van der Waals surface area contributed by atoms with Crippen molar-refractivity contribution < 1.29 is 0 Å². The van der Waals surface area contributed by atoms with Gasteiger partial charge in [0.15, 0.2) is 0 Å². The van der Waals surface area contributed by atoms with Crippen molar-refractivity contribution in [1.82, 2.24) is 9.55 Å². The Balaban J connectivity index is 0.000000354. The Bertz CT molecular complexity index is 2980. The van der Waals surface area contributed by atoms with Crippen LogP contribution in [0.15, 0.2) is 171 Å². The predicted molar refractivity (Wildman–Crippen MR) is 299 cm³/mol. The van der Waals surface area contributed by atoms with Crippen LogP contribution in [0.2, 0.25) is 0 Å². The molecule has 0 saturated carbocycles. The molecule has 3 aromatic heterocycles. The second kappa shape index (κ2) is 25.5. The Kier molecular flexibility index (Phi) is 19.4. The second-order valence-electron chi connectivity index (χ2n) is 15.5. The number of rotatable bonds is 9. The van der Waals surface area contributed by atoms with Gasteiger partial charge in [0.1, 0.15) is 5.82 Å². The molecule has 2 aliphatic rings. The zero-order valence-corrected chi connectivity index (χ0v) is 41.8. The summed E-state index contributed by atoms with van der Waals surface area (Å²) in [7, 11) is 0. The molecule has 0 spiro atoms. The highest BCUT2D eigenvalue weighted by atomic mass is 32.1. The molecular formula is C62H68N4S. The van der Waals surface area contributed by atoms with Crippen molar-refractivity contribution in [3.05, 3.63) is 215 Å². The van der Waals surface area contributed by atoms with E-state index in [4.69, 9.17) is 17.1 Å². The van der Waals surface area contributed by atoms with Gasteiger partial charge in [0, 0.05) is 67.7 Å². The third-order valence-electron chi connectivity index (χ3n) is 11.4. The van der Waals surface area contributed by atoms with Gasteiger partial charge in [0.2, 0.25) is 0 Å². The molecule has 5 heteroatoms. The van der Waals surface area contributed by atoms with Crippen LogP contribution >= 0.6 is 11.3 Å². The number of anilines is 2. The maximum absolute atomic E-state index is 5.95. The molecule has 0 saturated heterocycles. The molecular weight excluding hydrogens is 833 g/mol. The van der Waals surface area contributed by atoms with E-state index in [1.165, 1.54) is 48.9 Å². The number of hydrogen-bond acceptors (Lipinski definition) is 4. The summed E-state index contributed by atoms with van der Waals surface area (Å²) >= 11 is 1.66. The average Bonchev–Trinajstić information content (AvgIpc) is 3.75. The molecule has 0 bridgehead atoms. The van der Waals surface area contributed by atoms with Gasteiger partial charge in [0.25, 0.3) is 0 Å². The molecule has 4 heterocycles. The van der Waals surface area contributed by atoms with Crippen LogP contribution in [0.4, 0.5) is 11.5 Å². The minimum atomic E-state index is 0.621. The summed E-state index contributed by atoms with van der Waals surface area (Å²) in [5, 5.41) is 2.49. The van der Waals surface area contributed by atoms with E-state index in [0.29, 0.717) is 5.70 Å². The number of pyridine rings is 1. The van der Waals surface area contributed by atoms with Crippen molar-refractivity contribution in [2.75, 3.05) is 4.90 Å². The highest BCUT2D eigenvalue weighted by Crippen LogP contribution is 2.42. The molecule has 67 heavy (non-hydrogen) atoms. The number of benzene rings is 3. The topological polar surface area (TPSA) is 47.1 Å². The lowest BCUT2D eigenvalue weighted by Crippen LogP contribution is -2.18. The third-order valence-corrected chi connectivity index (χ3v) is 12.5. The predicted octanol–water partition coefficient (Wildman–Crippen LogP) is 17.2. The minimum Gasteiger partial charge on any atom is -0.399 e. The van der Waals surface area contributed by atoms with Crippen LogP contribution in [0.25, 0.3) is 50.0 Å². The minimum absolute atomic E-state index is 0.621. The number of fused-ring (bicyclic) bond motifs is 6. The first-order valence-corrected chi connectivity index (χ1v) is 24.5. The first kappa shape index (κ1) is 50.9. The van der Waals surface area contributed by atoms with Crippen molar-refractivity contribution >= 4 is 72.8 Å². The van der Waals surface area contributed by atoms with Gasteiger partial charge in [-0.2, -0.15) is 0 Å². The molecule has 8 rings (SSSR count). The summed E-state index contributed by atoms with van der Waals surface area (Å²) in [6, 6.07) is 27.3. The SMILES string of the molecule is C#Cc1sc2ccccc2c1/C=C(\C)c1cccc(N2C(=C)/C=C\C=CCCc3c2ccc2c3c3c(n2C/C=C\C)CC=CC=C3)n1.C=C(N)c1ccccc1/C(=C/C=C\C)CC.CC.CC. The fourth-order valence-corrected chi connectivity index (χ4v) is 9.37. The Labute approximate surface area is 405 Å². The number of thiophene rings is 1. The molecule has 6 aromatic rings. The lowest BCUT2D eigenvalue weighted by atomic mass is 9.96. The third kappa shape index (κ3) is 11.8. The van der Waals surface area contributed by atoms with Gasteiger partial charge in [-0.3, -0.25) is 4.90 Å². The average molecular weight is 901 g/mol. The largest absolute Gasteiger partial charge is 0.399 e. The first-order valence-electron chi connectivity index (χ1n) is 23.7. The number of nitrogens with two attached hydrogens (primary N) is 1. The van der Waals surface area contributed by atoms with E-state index in [2.05, 4.69) is 189 Å². The summed E-state index contributed by atoms with van der Waals surface area (Å²) in [6.45, 7) is 25.6. The lowest BCUT2D eigenvalue weighted by molar-refractivity contribution is 0.807. The lowest BCUT2D eigenvalue weighted by Gasteiger charge is -2.28. The van der Waals surface area contributed by atoms with Crippen LogP contribution in [0.1, 0.15) is 112 Å². The molecule has 0 fully saturated rings. The molecule has 0 unspecified atom stereocenters. The summed E-state index contributed by atoms with van der Waals surface area (Å²) in [5.41, 5.74) is 20.1. The molecule has 0 atom stereocenters. The van der Waals surface area contributed by atoms with E-state index in [1.807, 2.05) is 58.9 Å². The van der Waals surface area contributed by atoms with Crippen LogP contribution in [-0.4, -0.2) is 9.55 Å². The molecule has 0 amide bonds. The van der Waals surface area contributed by atoms with Crippen molar-refractivity contribution in [3.63, 3.8) is 0 Å². The van der Waals surface area contributed by atoms with E-state index in [1.54, 1.807) is 11.3 Å². The summed E-state index contributed by atoms with van der Waals surface area (Å²) in [5.74, 6) is 3.74. The van der Waals surface area contributed by atoms with Crippen molar-refractivity contribution in [3.8, 4) is 12.3 Å². The van der Waals surface area contributed by atoms with Crippen LogP contribution < -0.4 is 10.6 Å². The van der Waals surface area contributed by atoms with Gasteiger partial charge in [-0.05, 0) is 105 Å². The van der Waals surface area contributed by atoms with Crippen LogP contribution in [0.5, 0.6) is 0 Å². The van der Waals surface area contributed by atoms with Crippen LogP contribution in [0.3, 0.4) is 0 Å². The Morgan fingerprint density at radius 2 is 1.61 bits per heavy atom. The number of terminal acetylenes is 1. The number of allylic oxidation sites excluding steroid dienone is 14. The fourth-order valence-electron chi connectivity index (χ4n) is 8.37. The van der Waals surface area contributed by atoms with E-state index < -0.39 is 0 Å². The van der Waals surface area contributed by atoms with Gasteiger partial charge in [-0.25, -0.2) is 4.98 Å². The summed E-state index contributed by atoms with van der Waals surface area (Å²) in [4.78, 5) is 8.44. The smallest absolute Gasteiger partial charge is 0.138 e. The van der Waals surface area contributed by atoms with Gasteiger partial charge in [-0.15, -0.1) is 17.8 Å². The van der Waals surface area contributed by atoms with Gasteiger partial charge in [-0.1, -0.05) is 175 Å². The maximum Gasteiger partial charge on any atom is 0.138 e. The van der Waals surface area contributed by atoms with Gasteiger partial charge < -0.3 is 10.3 Å². The quantitative estimate of drug-likeness (QED) is 0.0893. The molecule has 2 N–H and O–H groups in total. The Morgan fingerprint density at radius 3 is 2.34 bits per heavy atom.